The zero-order valence-electron chi connectivity index (χ0n) is 15.4. The molecule has 1 aliphatic heterocycles. The van der Waals surface area contributed by atoms with E-state index in [1.807, 2.05) is 18.2 Å². The summed E-state index contributed by atoms with van der Waals surface area (Å²) in [5.74, 6) is 0.657. The van der Waals surface area contributed by atoms with E-state index in [1.54, 1.807) is 12.1 Å². The fourth-order valence-electron chi connectivity index (χ4n) is 3.10. The summed E-state index contributed by atoms with van der Waals surface area (Å²) in [7, 11) is 0. The Morgan fingerprint density at radius 1 is 1.21 bits per heavy atom. The lowest BCUT2D eigenvalue weighted by Crippen LogP contribution is -2.36. The summed E-state index contributed by atoms with van der Waals surface area (Å²) < 4.78 is 10.7. The molecule has 2 heterocycles. The third-order valence-corrected chi connectivity index (χ3v) is 4.76. The smallest absolute Gasteiger partial charge is 0.270 e. The number of halogens is 1. The largest absolute Gasteiger partial charge is 0.378 e. The first-order valence-corrected chi connectivity index (χ1v) is 9.41. The number of rotatable bonds is 6. The Morgan fingerprint density at radius 2 is 2.03 bits per heavy atom. The zero-order valence-corrected chi connectivity index (χ0v) is 16.1. The van der Waals surface area contributed by atoms with Crippen molar-refractivity contribution in [3.63, 3.8) is 0 Å². The Labute approximate surface area is 171 Å². The number of hydrogen-bond acceptors (Lipinski definition) is 8. The van der Waals surface area contributed by atoms with Crippen LogP contribution in [0.3, 0.4) is 0 Å². The molecule has 0 amide bonds. The summed E-state index contributed by atoms with van der Waals surface area (Å²) in [5, 5.41) is 18.8. The number of aromatic nitrogens is 2. The fourth-order valence-corrected chi connectivity index (χ4v) is 3.28. The summed E-state index contributed by atoms with van der Waals surface area (Å²) in [5.41, 5.74) is 2.37. The van der Waals surface area contributed by atoms with Gasteiger partial charge in [0.1, 0.15) is 0 Å². The van der Waals surface area contributed by atoms with E-state index >= 15 is 0 Å². The van der Waals surface area contributed by atoms with E-state index in [4.69, 9.17) is 20.9 Å². The number of benzene rings is 2. The van der Waals surface area contributed by atoms with Crippen LogP contribution in [0.25, 0.3) is 11.4 Å². The van der Waals surface area contributed by atoms with Gasteiger partial charge in [0, 0.05) is 35.8 Å². The topological polar surface area (TPSA) is 107 Å². The number of nitro groups is 1. The molecule has 29 heavy (non-hydrogen) atoms. The highest BCUT2D eigenvalue weighted by Crippen LogP contribution is 2.30. The Morgan fingerprint density at radius 3 is 2.83 bits per heavy atom. The lowest BCUT2D eigenvalue weighted by atomic mass is 10.2. The van der Waals surface area contributed by atoms with Crippen LogP contribution in [-0.4, -0.2) is 41.4 Å². The molecule has 0 bridgehead atoms. The number of nitro benzene ring substituents is 1. The van der Waals surface area contributed by atoms with Gasteiger partial charge in [0.2, 0.25) is 11.7 Å². The van der Waals surface area contributed by atoms with Gasteiger partial charge in [-0.3, -0.25) is 10.1 Å². The minimum Gasteiger partial charge on any atom is -0.378 e. The molecule has 0 atom stereocenters. The Kier molecular flexibility index (Phi) is 5.59. The van der Waals surface area contributed by atoms with Crippen molar-refractivity contribution in [2.24, 2.45) is 0 Å². The van der Waals surface area contributed by atoms with E-state index in [1.165, 1.54) is 12.1 Å². The van der Waals surface area contributed by atoms with E-state index in [0.29, 0.717) is 42.1 Å². The van der Waals surface area contributed by atoms with Crippen molar-refractivity contribution in [1.29, 1.82) is 0 Å². The lowest BCUT2D eigenvalue weighted by Gasteiger charge is -2.30. The van der Waals surface area contributed by atoms with E-state index in [9.17, 15) is 10.1 Å². The summed E-state index contributed by atoms with van der Waals surface area (Å²) in [6.07, 6.45) is 0. The van der Waals surface area contributed by atoms with Crippen LogP contribution < -0.4 is 10.2 Å². The minimum absolute atomic E-state index is 0.0268. The van der Waals surface area contributed by atoms with Crippen molar-refractivity contribution in [1.82, 2.24) is 10.1 Å². The molecule has 3 aromatic rings. The van der Waals surface area contributed by atoms with Crippen molar-refractivity contribution in [2.75, 3.05) is 36.5 Å². The molecule has 1 N–H and O–H groups in total. The number of non-ortho nitro benzene ring substituents is 1. The predicted octanol–water partition coefficient (Wildman–Crippen LogP) is 3.75. The Hall–Kier alpha value is -3.17. The molecule has 0 aliphatic carbocycles. The molecule has 1 saturated heterocycles. The molecule has 0 radical (unpaired) electrons. The first kappa shape index (κ1) is 19.2. The summed E-state index contributed by atoms with van der Waals surface area (Å²) in [6.45, 7) is 3.25. The molecule has 2 aromatic carbocycles. The molecule has 1 fully saturated rings. The standard InChI is InChI=1S/C19H18ClN5O4/c20-14-4-5-17(24-6-8-28-9-7-24)16(11-14)21-12-18-22-19(23-29-18)13-2-1-3-15(10-13)25(26)27/h1-5,10-11,21H,6-9,12H2. The van der Waals surface area contributed by atoms with Crippen molar-refractivity contribution in [3.05, 3.63) is 63.5 Å². The van der Waals surface area contributed by atoms with Gasteiger partial charge in [0.05, 0.1) is 36.1 Å². The van der Waals surface area contributed by atoms with Gasteiger partial charge in [-0.2, -0.15) is 4.98 Å². The van der Waals surface area contributed by atoms with E-state index in [0.717, 1.165) is 24.5 Å². The molecule has 4 rings (SSSR count). The van der Waals surface area contributed by atoms with Gasteiger partial charge < -0.3 is 19.5 Å². The minimum atomic E-state index is -0.460. The highest BCUT2D eigenvalue weighted by molar-refractivity contribution is 6.31. The summed E-state index contributed by atoms with van der Waals surface area (Å²) >= 11 is 6.17. The van der Waals surface area contributed by atoms with Crippen LogP contribution in [0.15, 0.2) is 47.0 Å². The number of morpholine rings is 1. The van der Waals surface area contributed by atoms with Crippen LogP contribution in [0.2, 0.25) is 5.02 Å². The second kappa shape index (κ2) is 8.46. The first-order valence-electron chi connectivity index (χ1n) is 9.04. The van der Waals surface area contributed by atoms with Crippen LogP contribution in [0.4, 0.5) is 17.1 Å². The van der Waals surface area contributed by atoms with Crippen LogP contribution >= 0.6 is 11.6 Å². The van der Waals surface area contributed by atoms with Crippen molar-refractivity contribution in [2.45, 2.75) is 6.54 Å². The van der Waals surface area contributed by atoms with Crippen LogP contribution in [0.1, 0.15) is 5.89 Å². The fraction of sp³-hybridized carbons (Fsp3) is 0.263. The SMILES string of the molecule is O=[N+]([O-])c1cccc(-c2noc(CNc3cc(Cl)ccc3N3CCOCC3)n2)c1. The maximum Gasteiger partial charge on any atom is 0.270 e. The molecule has 0 saturated carbocycles. The summed E-state index contributed by atoms with van der Waals surface area (Å²) in [6, 6.07) is 11.8. The molecule has 1 aromatic heterocycles. The average Bonchev–Trinajstić information content (AvgIpc) is 3.22. The maximum atomic E-state index is 10.9. The third-order valence-electron chi connectivity index (χ3n) is 4.52. The van der Waals surface area contributed by atoms with Gasteiger partial charge in [0.25, 0.3) is 5.69 Å². The molecular weight excluding hydrogens is 398 g/mol. The van der Waals surface area contributed by atoms with Gasteiger partial charge in [0.15, 0.2) is 0 Å². The zero-order chi connectivity index (χ0) is 20.2. The second-order valence-electron chi connectivity index (χ2n) is 6.43. The quantitative estimate of drug-likeness (QED) is 0.479. The highest BCUT2D eigenvalue weighted by atomic mass is 35.5. The Bertz CT molecular complexity index is 1020. The number of ether oxygens (including phenoxy) is 1. The number of hydrogen-bond donors (Lipinski definition) is 1. The normalized spacial score (nSPS) is 14.0. The highest BCUT2D eigenvalue weighted by Gasteiger charge is 2.17. The van der Waals surface area contributed by atoms with Gasteiger partial charge >= 0.3 is 0 Å². The molecule has 10 heteroatoms. The van der Waals surface area contributed by atoms with Crippen LogP contribution in [0.5, 0.6) is 0 Å². The van der Waals surface area contributed by atoms with Crippen molar-refractivity contribution in [3.8, 4) is 11.4 Å². The van der Waals surface area contributed by atoms with Gasteiger partial charge in [-0.05, 0) is 18.2 Å². The van der Waals surface area contributed by atoms with Crippen LogP contribution in [-0.2, 0) is 11.3 Å². The average molecular weight is 416 g/mol. The number of nitrogens with one attached hydrogen (secondary N) is 1. The van der Waals surface area contributed by atoms with E-state index in [-0.39, 0.29) is 5.69 Å². The maximum absolute atomic E-state index is 10.9. The van der Waals surface area contributed by atoms with Crippen molar-refractivity contribution >= 4 is 28.7 Å². The predicted molar refractivity (Wildman–Crippen MR) is 108 cm³/mol. The molecule has 9 nitrogen and oxygen atoms in total. The van der Waals surface area contributed by atoms with Gasteiger partial charge in [-0.1, -0.05) is 28.9 Å². The molecule has 0 unspecified atom stereocenters. The van der Waals surface area contributed by atoms with Gasteiger partial charge in [-0.25, -0.2) is 0 Å². The van der Waals surface area contributed by atoms with E-state index < -0.39 is 4.92 Å². The van der Waals surface area contributed by atoms with E-state index in [2.05, 4.69) is 20.4 Å². The number of anilines is 2. The molecule has 0 spiro atoms. The Balaban J connectivity index is 1.50. The monoisotopic (exact) mass is 415 g/mol. The van der Waals surface area contributed by atoms with Gasteiger partial charge in [-0.15, -0.1) is 0 Å². The molecule has 1 aliphatic rings. The van der Waals surface area contributed by atoms with Crippen LogP contribution in [0, 0.1) is 10.1 Å². The second-order valence-corrected chi connectivity index (χ2v) is 6.87. The third kappa shape index (κ3) is 4.47. The first-order chi connectivity index (χ1) is 14.1. The molecular formula is C19H18ClN5O4. The molecule has 150 valence electrons. The lowest BCUT2D eigenvalue weighted by molar-refractivity contribution is -0.384. The summed E-state index contributed by atoms with van der Waals surface area (Å²) in [4.78, 5) is 17.0. The van der Waals surface area contributed by atoms with Crippen molar-refractivity contribution < 1.29 is 14.2 Å². The number of nitrogens with zero attached hydrogens (tertiary/aromatic N) is 4.